The minimum atomic E-state index is -0.598. The van der Waals surface area contributed by atoms with Crippen LogP contribution in [0.25, 0.3) is 4.85 Å². The number of benzene rings is 1. The van der Waals surface area contributed by atoms with Gasteiger partial charge in [0.25, 0.3) is 0 Å². The number of urea groups is 1. The predicted molar refractivity (Wildman–Crippen MR) is 100.0 cm³/mol. The third kappa shape index (κ3) is 4.35. The van der Waals surface area contributed by atoms with Crippen molar-refractivity contribution in [2.75, 3.05) is 0 Å². The van der Waals surface area contributed by atoms with E-state index in [9.17, 15) is 10.1 Å². The van der Waals surface area contributed by atoms with Gasteiger partial charge in [-0.2, -0.15) is 5.26 Å². The summed E-state index contributed by atoms with van der Waals surface area (Å²) in [5.74, 6) is 0.899. The van der Waals surface area contributed by atoms with Crippen LogP contribution in [0.2, 0.25) is 0 Å². The number of primary amides is 1. The molecule has 2 rings (SSSR count). The fraction of sp³-hybridized carbons (Fsp3) is 0.333. The zero-order valence-corrected chi connectivity index (χ0v) is 15.7. The van der Waals surface area contributed by atoms with Gasteiger partial charge in [0.05, 0.1) is 24.9 Å². The van der Waals surface area contributed by atoms with Gasteiger partial charge in [0.1, 0.15) is 10.9 Å². The summed E-state index contributed by atoms with van der Waals surface area (Å²) < 4.78 is 2.02. The smallest absolute Gasteiger partial charge is 0.312 e. The molecule has 0 saturated heterocycles. The van der Waals surface area contributed by atoms with Gasteiger partial charge in [-0.25, -0.2) is 14.6 Å². The number of nitrogens with two attached hydrogens (primary N) is 1. The Morgan fingerprint density at radius 3 is 2.77 bits per heavy atom. The van der Waals surface area contributed by atoms with Crippen molar-refractivity contribution >= 4 is 23.5 Å². The minimum Gasteiger partial charge on any atom is -0.352 e. The van der Waals surface area contributed by atoms with E-state index >= 15 is 0 Å². The van der Waals surface area contributed by atoms with Crippen LogP contribution in [0.4, 0.5) is 10.5 Å². The largest absolute Gasteiger partial charge is 0.352 e. The Morgan fingerprint density at radius 2 is 2.23 bits per heavy atom. The molecule has 7 nitrogen and oxygen atoms in total. The van der Waals surface area contributed by atoms with E-state index in [-0.39, 0.29) is 12.5 Å². The zero-order chi connectivity index (χ0) is 19.3. The summed E-state index contributed by atoms with van der Waals surface area (Å²) in [6.07, 6.45) is 0. The van der Waals surface area contributed by atoms with Gasteiger partial charge >= 0.3 is 6.03 Å². The number of rotatable bonds is 6. The van der Waals surface area contributed by atoms with Gasteiger partial charge < -0.3 is 15.6 Å². The lowest BCUT2D eigenvalue weighted by molar-refractivity contribution is 0.248. The third-order valence-electron chi connectivity index (χ3n) is 3.67. The quantitative estimate of drug-likeness (QED) is 0.758. The summed E-state index contributed by atoms with van der Waals surface area (Å²) in [4.78, 5) is 20.0. The molecule has 0 atom stereocenters. The number of amides is 2. The standard InChI is InChI=1S/C18H20N6OS/c1-5-24-15(10-22-18(20)25)23-16(11(2)3)17(24)26-14-7-12(9-19)6-13(8-14)21-4/h6-8,11H,5,10H2,1-3H3,(H3,20,22,25). The number of nitrogens with one attached hydrogen (secondary N) is 1. The van der Waals surface area contributed by atoms with Crippen LogP contribution in [0.15, 0.2) is 28.1 Å². The molecule has 1 aromatic heterocycles. The maximum atomic E-state index is 11.0. The zero-order valence-electron chi connectivity index (χ0n) is 14.9. The normalized spacial score (nSPS) is 10.4. The molecule has 8 heteroatoms. The summed E-state index contributed by atoms with van der Waals surface area (Å²) in [5.41, 5.74) is 6.96. The van der Waals surface area contributed by atoms with Crippen molar-refractivity contribution in [3.8, 4) is 6.07 Å². The Morgan fingerprint density at radius 1 is 1.50 bits per heavy atom. The van der Waals surface area contributed by atoms with Gasteiger partial charge in [-0.05, 0) is 31.0 Å². The van der Waals surface area contributed by atoms with Gasteiger partial charge in [0.2, 0.25) is 0 Å². The maximum Gasteiger partial charge on any atom is 0.312 e. The molecule has 0 bridgehead atoms. The fourth-order valence-electron chi connectivity index (χ4n) is 2.50. The molecule has 0 radical (unpaired) electrons. The predicted octanol–water partition coefficient (Wildman–Crippen LogP) is 3.77. The highest BCUT2D eigenvalue weighted by Gasteiger charge is 2.20. The van der Waals surface area contributed by atoms with E-state index in [2.05, 4.69) is 21.2 Å². The first-order valence-electron chi connectivity index (χ1n) is 8.12. The van der Waals surface area contributed by atoms with Gasteiger partial charge in [0.15, 0.2) is 5.69 Å². The Bertz CT molecular complexity index is 871. The molecule has 2 aromatic rings. The van der Waals surface area contributed by atoms with Crippen LogP contribution in [0, 0.1) is 17.9 Å². The SMILES string of the molecule is [C-]#[N+]c1cc(C#N)cc(Sc2c(C(C)C)nc(CNC(N)=O)n2CC)c1. The van der Waals surface area contributed by atoms with E-state index in [0.29, 0.717) is 17.8 Å². The molecule has 0 saturated carbocycles. The Hall–Kier alpha value is -2.97. The van der Waals surface area contributed by atoms with Crippen LogP contribution in [-0.2, 0) is 13.1 Å². The van der Waals surface area contributed by atoms with Crippen LogP contribution >= 0.6 is 11.8 Å². The fourth-order valence-corrected chi connectivity index (χ4v) is 3.82. The highest BCUT2D eigenvalue weighted by molar-refractivity contribution is 7.99. The van der Waals surface area contributed by atoms with Crippen molar-refractivity contribution in [3.05, 3.63) is 46.7 Å². The molecule has 0 aliphatic carbocycles. The first-order valence-corrected chi connectivity index (χ1v) is 8.94. The average molecular weight is 368 g/mol. The number of nitrogens with zero attached hydrogens (tertiary/aromatic N) is 4. The molecule has 0 aliphatic heterocycles. The Balaban J connectivity index is 2.49. The first-order chi connectivity index (χ1) is 12.4. The summed E-state index contributed by atoms with van der Waals surface area (Å²) in [6.45, 7) is 14.2. The van der Waals surface area contributed by atoms with E-state index in [4.69, 9.17) is 12.3 Å². The molecule has 134 valence electrons. The summed E-state index contributed by atoms with van der Waals surface area (Å²) in [5, 5.41) is 12.7. The van der Waals surface area contributed by atoms with Crippen LogP contribution in [0.5, 0.6) is 0 Å². The second-order valence-electron chi connectivity index (χ2n) is 5.88. The number of aromatic nitrogens is 2. The Labute approximate surface area is 157 Å². The highest BCUT2D eigenvalue weighted by atomic mass is 32.2. The van der Waals surface area contributed by atoms with Gasteiger partial charge in [-0.3, -0.25) is 0 Å². The number of hydrogen-bond donors (Lipinski definition) is 2. The van der Waals surface area contributed by atoms with E-state index in [0.717, 1.165) is 21.4 Å². The molecule has 0 fully saturated rings. The third-order valence-corrected chi connectivity index (χ3v) is 4.77. The molecule has 1 aromatic carbocycles. The molecule has 0 spiro atoms. The minimum absolute atomic E-state index is 0.178. The Kier molecular flexibility index (Phi) is 6.26. The lowest BCUT2D eigenvalue weighted by Crippen LogP contribution is -2.29. The molecular formula is C18H20N6OS. The van der Waals surface area contributed by atoms with Crippen LogP contribution in [0.1, 0.15) is 43.8 Å². The van der Waals surface area contributed by atoms with Crippen molar-refractivity contribution in [2.24, 2.45) is 5.73 Å². The van der Waals surface area contributed by atoms with Gasteiger partial charge in [0, 0.05) is 17.0 Å². The summed E-state index contributed by atoms with van der Waals surface area (Å²) >= 11 is 1.47. The number of hydrogen-bond acceptors (Lipinski definition) is 4. The lowest BCUT2D eigenvalue weighted by atomic mass is 10.1. The van der Waals surface area contributed by atoms with Crippen LogP contribution in [-0.4, -0.2) is 15.6 Å². The van der Waals surface area contributed by atoms with Crippen molar-refractivity contribution < 1.29 is 4.79 Å². The summed E-state index contributed by atoms with van der Waals surface area (Å²) in [6, 6.07) is 6.59. The monoisotopic (exact) mass is 368 g/mol. The molecule has 0 aliphatic rings. The van der Waals surface area contributed by atoms with Crippen molar-refractivity contribution in [3.63, 3.8) is 0 Å². The number of carbonyl (C=O) groups is 1. The van der Waals surface area contributed by atoms with Crippen LogP contribution < -0.4 is 11.1 Å². The summed E-state index contributed by atoms with van der Waals surface area (Å²) in [7, 11) is 0. The van der Waals surface area contributed by atoms with Crippen molar-refractivity contribution in [1.82, 2.24) is 14.9 Å². The highest BCUT2D eigenvalue weighted by Crippen LogP contribution is 2.36. The van der Waals surface area contributed by atoms with E-state index < -0.39 is 6.03 Å². The van der Waals surface area contributed by atoms with Gasteiger partial charge in [-0.15, -0.1) is 0 Å². The topological polar surface area (TPSA) is 101 Å². The van der Waals surface area contributed by atoms with Crippen molar-refractivity contribution in [1.29, 1.82) is 5.26 Å². The number of carbonyl (C=O) groups excluding carboxylic acids is 1. The second-order valence-corrected chi connectivity index (χ2v) is 6.94. The van der Waals surface area contributed by atoms with Gasteiger partial charge in [-0.1, -0.05) is 25.6 Å². The molecule has 3 N–H and O–H groups in total. The molecule has 0 unspecified atom stereocenters. The van der Waals surface area contributed by atoms with E-state index in [1.54, 1.807) is 18.2 Å². The second kappa shape index (κ2) is 8.41. The molecule has 2 amide bonds. The van der Waals surface area contributed by atoms with E-state index in [1.807, 2.05) is 25.3 Å². The van der Waals surface area contributed by atoms with Crippen molar-refractivity contribution in [2.45, 2.75) is 49.7 Å². The van der Waals surface area contributed by atoms with Crippen LogP contribution in [0.3, 0.4) is 0 Å². The molecule has 26 heavy (non-hydrogen) atoms. The number of nitriles is 1. The molecule has 1 heterocycles. The lowest BCUT2D eigenvalue weighted by Gasteiger charge is -2.12. The average Bonchev–Trinajstić information content (AvgIpc) is 2.97. The van der Waals surface area contributed by atoms with E-state index in [1.165, 1.54) is 11.8 Å². The number of imidazole rings is 1. The maximum absolute atomic E-state index is 11.0. The molecular weight excluding hydrogens is 348 g/mol. The first kappa shape index (κ1) is 19.4.